The van der Waals surface area contributed by atoms with Crippen molar-refractivity contribution in [2.75, 3.05) is 4.90 Å². The van der Waals surface area contributed by atoms with Crippen LogP contribution in [0.1, 0.15) is 20.7 Å². The Bertz CT molecular complexity index is 1030. The van der Waals surface area contributed by atoms with E-state index < -0.39 is 16.7 Å². The number of aromatic nitrogens is 1. The van der Waals surface area contributed by atoms with Crippen LogP contribution in [0.2, 0.25) is 0 Å². The zero-order valence-corrected chi connectivity index (χ0v) is 12.2. The molecule has 1 aliphatic rings. The van der Waals surface area contributed by atoms with Gasteiger partial charge in [0.15, 0.2) is 0 Å². The highest BCUT2D eigenvalue weighted by molar-refractivity contribution is 6.36. The van der Waals surface area contributed by atoms with Gasteiger partial charge in [0, 0.05) is 29.3 Å². The molecule has 0 fully saturated rings. The summed E-state index contributed by atoms with van der Waals surface area (Å²) in [5.74, 6) is -1.07. The second kappa shape index (κ2) is 4.95. The van der Waals surface area contributed by atoms with E-state index in [2.05, 4.69) is 4.98 Å². The van der Waals surface area contributed by atoms with E-state index in [1.54, 1.807) is 30.3 Å². The predicted octanol–water partition coefficient (Wildman–Crippen LogP) is 2.94. The Balaban J connectivity index is 2.03. The van der Waals surface area contributed by atoms with Crippen LogP contribution in [0.4, 0.5) is 11.4 Å². The van der Waals surface area contributed by atoms with Gasteiger partial charge in [-0.1, -0.05) is 12.1 Å². The molecule has 0 aliphatic carbocycles. The molecule has 0 saturated carbocycles. The lowest BCUT2D eigenvalue weighted by molar-refractivity contribution is -0.384. The summed E-state index contributed by atoms with van der Waals surface area (Å²) in [6.07, 6.45) is 2.93. The SMILES string of the molecule is O=C1c2cccc3cc([N+](=O)[O-])cc(c23)C(=O)N1c1cccnc1. The molecule has 2 heterocycles. The van der Waals surface area contributed by atoms with Crippen molar-refractivity contribution >= 4 is 34.0 Å². The Morgan fingerprint density at radius 1 is 1.00 bits per heavy atom. The summed E-state index contributed by atoms with van der Waals surface area (Å²) in [6, 6.07) is 10.7. The third-order valence-corrected chi connectivity index (χ3v) is 3.94. The largest absolute Gasteiger partial charge is 0.270 e. The Morgan fingerprint density at radius 3 is 2.50 bits per heavy atom. The fraction of sp³-hybridized carbons (Fsp3) is 0. The number of nitrogens with zero attached hydrogens (tertiary/aromatic N) is 3. The highest BCUT2D eigenvalue weighted by Crippen LogP contribution is 2.35. The van der Waals surface area contributed by atoms with E-state index in [1.807, 2.05) is 0 Å². The number of hydrogen-bond acceptors (Lipinski definition) is 5. The molecule has 0 atom stereocenters. The Hall–Kier alpha value is -3.61. The first kappa shape index (κ1) is 14.0. The highest BCUT2D eigenvalue weighted by atomic mass is 16.6. The average Bonchev–Trinajstić information content (AvgIpc) is 2.60. The van der Waals surface area contributed by atoms with Crippen molar-refractivity contribution in [1.82, 2.24) is 4.98 Å². The fourth-order valence-corrected chi connectivity index (χ4v) is 2.92. The number of imide groups is 1. The predicted molar refractivity (Wildman–Crippen MR) is 86.0 cm³/mol. The van der Waals surface area contributed by atoms with Crippen LogP contribution >= 0.6 is 0 Å². The van der Waals surface area contributed by atoms with Crippen LogP contribution in [-0.2, 0) is 0 Å². The molecular formula is C17H9N3O4. The average molecular weight is 319 g/mol. The number of non-ortho nitro benzene ring substituents is 1. The van der Waals surface area contributed by atoms with Gasteiger partial charge in [0.05, 0.1) is 22.4 Å². The van der Waals surface area contributed by atoms with Crippen LogP contribution in [0.3, 0.4) is 0 Å². The lowest BCUT2D eigenvalue weighted by atomic mass is 9.93. The molecular weight excluding hydrogens is 310 g/mol. The number of amides is 2. The van der Waals surface area contributed by atoms with E-state index in [0.717, 1.165) is 4.90 Å². The van der Waals surface area contributed by atoms with Crippen molar-refractivity contribution in [2.45, 2.75) is 0 Å². The van der Waals surface area contributed by atoms with Gasteiger partial charge in [-0.15, -0.1) is 0 Å². The van der Waals surface area contributed by atoms with Crippen LogP contribution in [0.25, 0.3) is 10.8 Å². The molecule has 0 saturated heterocycles. The molecule has 116 valence electrons. The van der Waals surface area contributed by atoms with Gasteiger partial charge >= 0.3 is 0 Å². The maximum atomic E-state index is 12.8. The van der Waals surface area contributed by atoms with Crippen molar-refractivity contribution in [3.63, 3.8) is 0 Å². The van der Waals surface area contributed by atoms with Crippen molar-refractivity contribution in [3.05, 3.63) is 76.1 Å². The zero-order chi connectivity index (χ0) is 16.8. The summed E-state index contributed by atoms with van der Waals surface area (Å²) in [7, 11) is 0. The highest BCUT2D eigenvalue weighted by Gasteiger charge is 2.35. The molecule has 2 aromatic carbocycles. The Kier molecular flexibility index (Phi) is 2.89. The Morgan fingerprint density at radius 2 is 1.79 bits per heavy atom. The molecule has 0 spiro atoms. The van der Waals surface area contributed by atoms with Gasteiger partial charge in [0.2, 0.25) is 0 Å². The maximum Gasteiger partial charge on any atom is 0.270 e. The fourth-order valence-electron chi connectivity index (χ4n) is 2.92. The number of nitro benzene ring substituents is 1. The number of hydrogen-bond donors (Lipinski definition) is 0. The molecule has 4 rings (SSSR count). The van der Waals surface area contributed by atoms with Gasteiger partial charge in [-0.3, -0.25) is 24.7 Å². The normalized spacial score (nSPS) is 13.4. The molecule has 0 N–H and O–H groups in total. The lowest BCUT2D eigenvalue weighted by Crippen LogP contribution is -2.40. The summed E-state index contributed by atoms with van der Waals surface area (Å²) in [5.41, 5.74) is 0.601. The molecule has 7 nitrogen and oxygen atoms in total. The molecule has 0 unspecified atom stereocenters. The molecule has 7 heteroatoms. The number of anilines is 1. The monoisotopic (exact) mass is 319 g/mol. The number of carbonyl (C=O) groups is 2. The van der Waals surface area contributed by atoms with E-state index >= 15 is 0 Å². The lowest BCUT2D eigenvalue weighted by Gasteiger charge is -2.26. The quantitative estimate of drug-likeness (QED) is 0.411. The standard InChI is InChI=1S/C17H9N3O4/c21-16-13-5-1-3-10-7-12(20(23)24)8-14(15(10)13)17(22)19(16)11-4-2-6-18-9-11/h1-9H. The van der Waals surface area contributed by atoms with Crippen LogP contribution in [-0.4, -0.2) is 21.7 Å². The molecule has 3 aromatic rings. The first-order valence-corrected chi connectivity index (χ1v) is 7.08. The summed E-state index contributed by atoms with van der Waals surface area (Å²) < 4.78 is 0. The molecule has 1 aliphatic heterocycles. The van der Waals surface area contributed by atoms with Gasteiger partial charge in [-0.2, -0.15) is 0 Å². The topological polar surface area (TPSA) is 93.4 Å². The number of rotatable bonds is 2. The van der Waals surface area contributed by atoms with E-state index in [1.165, 1.54) is 24.5 Å². The van der Waals surface area contributed by atoms with Gasteiger partial charge < -0.3 is 0 Å². The molecule has 2 amide bonds. The van der Waals surface area contributed by atoms with E-state index in [4.69, 9.17) is 0 Å². The Labute approximate surface area is 135 Å². The zero-order valence-electron chi connectivity index (χ0n) is 12.2. The van der Waals surface area contributed by atoms with Crippen molar-refractivity contribution in [3.8, 4) is 0 Å². The number of benzene rings is 2. The van der Waals surface area contributed by atoms with Crippen LogP contribution < -0.4 is 4.90 Å². The van der Waals surface area contributed by atoms with E-state index in [9.17, 15) is 19.7 Å². The van der Waals surface area contributed by atoms with E-state index in [0.29, 0.717) is 22.0 Å². The van der Waals surface area contributed by atoms with Crippen molar-refractivity contribution in [1.29, 1.82) is 0 Å². The molecule has 0 bridgehead atoms. The van der Waals surface area contributed by atoms with Gasteiger partial charge in [0.25, 0.3) is 17.5 Å². The third kappa shape index (κ3) is 1.88. The summed E-state index contributed by atoms with van der Waals surface area (Å²) in [5, 5.41) is 12.1. The van der Waals surface area contributed by atoms with Crippen molar-refractivity contribution < 1.29 is 14.5 Å². The second-order valence-electron chi connectivity index (χ2n) is 5.31. The van der Waals surface area contributed by atoms with Gasteiger partial charge in [0.1, 0.15) is 0 Å². The second-order valence-corrected chi connectivity index (χ2v) is 5.31. The first-order chi connectivity index (χ1) is 11.6. The summed E-state index contributed by atoms with van der Waals surface area (Å²) in [4.78, 5) is 41.1. The van der Waals surface area contributed by atoms with Crippen molar-refractivity contribution in [2.24, 2.45) is 0 Å². The third-order valence-electron chi connectivity index (χ3n) is 3.94. The number of nitro groups is 1. The first-order valence-electron chi connectivity index (χ1n) is 7.08. The van der Waals surface area contributed by atoms with E-state index in [-0.39, 0.29) is 11.3 Å². The summed E-state index contributed by atoms with van der Waals surface area (Å²) >= 11 is 0. The number of pyridine rings is 1. The van der Waals surface area contributed by atoms with Crippen LogP contribution in [0.5, 0.6) is 0 Å². The minimum absolute atomic E-state index is 0.137. The maximum absolute atomic E-state index is 12.8. The number of carbonyl (C=O) groups excluding carboxylic acids is 2. The smallest absolute Gasteiger partial charge is 0.268 e. The van der Waals surface area contributed by atoms with Crippen LogP contribution in [0, 0.1) is 10.1 Å². The van der Waals surface area contributed by atoms with Gasteiger partial charge in [-0.05, 0) is 23.6 Å². The molecule has 0 radical (unpaired) electrons. The minimum atomic E-state index is -0.597. The minimum Gasteiger partial charge on any atom is -0.268 e. The van der Waals surface area contributed by atoms with Gasteiger partial charge in [-0.25, -0.2) is 4.90 Å². The molecule has 24 heavy (non-hydrogen) atoms. The molecule has 1 aromatic heterocycles. The van der Waals surface area contributed by atoms with Crippen LogP contribution in [0.15, 0.2) is 54.9 Å². The summed E-state index contributed by atoms with van der Waals surface area (Å²) in [6.45, 7) is 0.